The normalized spacial score (nSPS) is 17.7. The van der Waals surface area contributed by atoms with Gasteiger partial charge in [-0.05, 0) is 67.9 Å². The molecule has 1 aromatic carbocycles. The second-order valence-electron chi connectivity index (χ2n) is 22.0. The Morgan fingerprint density at radius 1 is 0.753 bits per heavy atom. The molecule has 89 heavy (non-hydrogen) atoms. The van der Waals surface area contributed by atoms with E-state index in [1.54, 1.807) is 44.4 Å². The zero-order valence-electron chi connectivity index (χ0n) is 51.0. The summed E-state index contributed by atoms with van der Waals surface area (Å²) in [5.41, 5.74) is 8.93. The highest BCUT2D eigenvalue weighted by molar-refractivity contribution is 8.00. The second kappa shape index (κ2) is 34.6. The fourth-order valence-corrected chi connectivity index (χ4v) is 11.6. The smallest absolute Gasteiger partial charge is 0.343 e. The number of fused-ring (bicyclic) bond motifs is 5. The van der Waals surface area contributed by atoms with Crippen LogP contribution >= 0.6 is 11.8 Å². The zero-order valence-corrected chi connectivity index (χ0v) is 51.8. The molecule has 4 aliphatic rings. The number of anilines is 1. The molecule has 5 heterocycles. The lowest BCUT2D eigenvalue weighted by Gasteiger charge is -2.31. The number of hydrogen-bond acceptors (Lipinski definition) is 22. The van der Waals surface area contributed by atoms with E-state index in [1.807, 2.05) is 6.07 Å². The van der Waals surface area contributed by atoms with Gasteiger partial charge in [-0.1, -0.05) is 20.8 Å². The number of rotatable bonds is 41. The number of carboxylic acids is 1. The summed E-state index contributed by atoms with van der Waals surface area (Å²) >= 11 is 1.02. The topological polar surface area (TPSA) is 372 Å². The van der Waals surface area contributed by atoms with Crippen molar-refractivity contribution in [2.75, 3.05) is 130 Å². The molecule has 1 fully saturated rings. The average molecular weight is 1270 g/mol. The van der Waals surface area contributed by atoms with Gasteiger partial charge in [0.15, 0.2) is 5.60 Å². The number of cyclic esters (lactones) is 1. The molecule has 1 saturated heterocycles. The molecule has 6 amide bonds. The number of nitrogens with one attached hydrogen (secondary N) is 4. The molecule has 5 atom stereocenters. The third-order valence-corrected chi connectivity index (χ3v) is 16.7. The number of aryl methyl sites for hydroxylation is 2. The van der Waals surface area contributed by atoms with Crippen LogP contribution in [-0.2, 0) is 113 Å². The molecule has 1 unspecified atom stereocenters. The quantitative estimate of drug-likeness (QED) is 0.0180. The SMILES string of the molecule is CC[C@@]1(O)C(=O)OCc2c1cc1n(c2=O)Cc2c-1nc1ccc(NC(=O)[C@H](C)NC(=O)[C@@H](NC(=O)CCOCCOCCOCCOCCOCCOCCOCCOCCNC(=O)CCN3C(=O)CC(SC[C@H](N)C(=O)O)C3=O)C(C)C)c3c1c2CCC3. The minimum absolute atomic E-state index is 0.00269. The van der Waals surface area contributed by atoms with Crippen LogP contribution in [-0.4, -0.2) is 220 Å². The van der Waals surface area contributed by atoms with Crippen LogP contribution < -0.4 is 32.6 Å². The Morgan fingerprint density at radius 2 is 1.34 bits per heavy atom. The monoisotopic (exact) mass is 1270 g/mol. The van der Waals surface area contributed by atoms with Gasteiger partial charge in [-0.15, -0.1) is 11.8 Å². The summed E-state index contributed by atoms with van der Waals surface area (Å²) in [6, 6.07) is 2.30. The maximum Gasteiger partial charge on any atom is 0.343 e. The number of hydrogen-bond donors (Lipinski definition) is 7. The Hall–Kier alpha value is -6.51. The number of carbonyl (C=O) groups is 8. The molecule has 3 aliphatic heterocycles. The summed E-state index contributed by atoms with van der Waals surface area (Å²) in [6.45, 7) is 12.4. The van der Waals surface area contributed by atoms with E-state index in [4.69, 9.17) is 58.5 Å². The highest BCUT2D eigenvalue weighted by Gasteiger charge is 2.46. The molecule has 0 bridgehead atoms. The Bertz CT molecular complexity index is 3050. The summed E-state index contributed by atoms with van der Waals surface area (Å²) in [5, 5.41) is 31.6. The van der Waals surface area contributed by atoms with Gasteiger partial charge in [-0.3, -0.25) is 43.3 Å². The molecule has 0 radical (unpaired) electrons. The largest absolute Gasteiger partial charge is 0.480 e. The molecule has 8 N–H and O–H groups in total. The van der Waals surface area contributed by atoms with E-state index in [-0.39, 0.29) is 112 Å². The first-order chi connectivity index (χ1) is 42.8. The van der Waals surface area contributed by atoms with Crippen LogP contribution in [0.4, 0.5) is 5.69 Å². The van der Waals surface area contributed by atoms with Crippen molar-refractivity contribution in [3.05, 3.63) is 56.4 Å². The molecular formula is C60H84N8O20S. The van der Waals surface area contributed by atoms with Crippen LogP contribution in [0.2, 0.25) is 0 Å². The first-order valence-corrected chi connectivity index (χ1v) is 31.3. The van der Waals surface area contributed by atoms with Crippen molar-refractivity contribution in [3.63, 3.8) is 0 Å². The molecule has 1 aliphatic carbocycles. The predicted octanol–water partition coefficient (Wildman–Crippen LogP) is 0.454. The van der Waals surface area contributed by atoms with Gasteiger partial charge in [0.25, 0.3) is 5.56 Å². The van der Waals surface area contributed by atoms with Crippen molar-refractivity contribution in [2.45, 2.75) is 115 Å². The first kappa shape index (κ1) is 70.0. The van der Waals surface area contributed by atoms with Crippen LogP contribution in [0, 0.1) is 5.92 Å². The minimum atomic E-state index is -1.93. The number of aliphatic hydroxyl groups is 1. The van der Waals surface area contributed by atoms with Crippen LogP contribution in [0.3, 0.4) is 0 Å². The number of nitrogens with zero attached hydrogens (tertiary/aromatic N) is 3. The third-order valence-electron chi connectivity index (χ3n) is 15.4. The lowest BCUT2D eigenvalue weighted by atomic mass is 9.85. The van der Waals surface area contributed by atoms with Gasteiger partial charge in [-0.25, -0.2) is 9.78 Å². The number of carboxylic acid groups (broad SMARTS) is 1. The third kappa shape index (κ3) is 19.0. The number of ether oxygens (including phenoxy) is 9. The number of thioether (sulfide) groups is 1. The fourth-order valence-electron chi connectivity index (χ4n) is 10.5. The number of benzene rings is 1. The van der Waals surface area contributed by atoms with Gasteiger partial charge in [0, 0.05) is 60.3 Å². The summed E-state index contributed by atoms with van der Waals surface area (Å²) < 4.78 is 50.9. The lowest BCUT2D eigenvalue weighted by Crippen LogP contribution is -2.53. The van der Waals surface area contributed by atoms with Crippen molar-refractivity contribution in [3.8, 4) is 11.4 Å². The Labute approximate surface area is 519 Å². The zero-order chi connectivity index (χ0) is 64.0. The summed E-state index contributed by atoms with van der Waals surface area (Å²) in [6.07, 6.45) is 2.10. The highest BCUT2D eigenvalue weighted by atomic mass is 32.2. The van der Waals surface area contributed by atoms with Gasteiger partial charge in [-0.2, -0.15) is 0 Å². The molecule has 0 saturated carbocycles. The maximum absolute atomic E-state index is 13.8. The van der Waals surface area contributed by atoms with Crippen molar-refractivity contribution in [1.29, 1.82) is 0 Å². The van der Waals surface area contributed by atoms with E-state index in [0.29, 0.717) is 115 Å². The number of aliphatic carboxylic acids is 1. The van der Waals surface area contributed by atoms with Crippen molar-refractivity contribution >= 4 is 75.7 Å². The fraction of sp³-hybridized carbons (Fsp3) is 0.633. The molecular weight excluding hydrogens is 1180 g/mol. The van der Waals surface area contributed by atoms with E-state index in [1.165, 1.54) is 0 Å². The minimum Gasteiger partial charge on any atom is -0.480 e. The van der Waals surface area contributed by atoms with Crippen LogP contribution in [0.25, 0.3) is 22.3 Å². The van der Waals surface area contributed by atoms with Crippen LogP contribution in [0.1, 0.15) is 87.6 Å². The Morgan fingerprint density at radius 3 is 1.92 bits per heavy atom. The molecule has 28 nitrogen and oxygen atoms in total. The van der Waals surface area contributed by atoms with E-state index in [9.17, 15) is 48.3 Å². The summed E-state index contributed by atoms with van der Waals surface area (Å²) in [4.78, 5) is 120. The predicted molar refractivity (Wildman–Crippen MR) is 322 cm³/mol. The molecule has 2 aromatic heterocycles. The van der Waals surface area contributed by atoms with E-state index < -0.39 is 64.5 Å². The first-order valence-electron chi connectivity index (χ1n) is 30.2. The Balaban J connectivity index is 0.650. The Kier molecular flexibility index (Phi) is 27.2. The number of nitrogens with two attached hydrogens (primary N) is 1. The van der Waals surface area contributed by atoms with Gasteiger partial charge in [0.1, 0.15) is 24.7 Å². The van der Waals surface area contributed by atoms with Gasteiger partial charge in [0.05, 0.1) is 140 Å². The summed E-state index contributed by atoms with van der Waals surface area (Å²) in [7, 11) is 0. The molecule has 3 aromatic rings. The number of aromatic nitrogens is 2. The molecule has 490 valence electrons. The van der Waals surface area contributed by atoms with Crippen LogP contribution in [0.15, 0.2) is 23.0 Å². The number of likely N-dealkylation sites (tertiary alicyclic amines) is 1. The number of amides is 6. The standard InChI is InChI=1S/C60H84N8O20S/c1-5-60(79)42-31-46-53-40(33-68(46)56(74)41(42)34-88-59(60)78)38-7-6-8-39-44(9-10-45(64-53)51(38)39)65-54(72)37(4)63-55(73)52(36(2)3)66-49(70)12-15-80-17-19-82-21-23-84-25-27-86-29-30-87-28-26-85-24-22-83-20-18-81-16-13-62-48(69)11-14-67-50(71)32-47(57(67)75)89-35-43(61)58(76)77/h9-10,31,36-37,43,47,52,79H,5-8,11-30,32-35,61H2,1-4H3,(H,62,69)(H,63,73)(H,65,72)(H,66,70)(H,76,77)/t37-,43-,47?,52-,60-/m0/s1. The van der Waals surface area contributed by atoms with Gasteiger partial charge in [0.2, 0.25) is 35.4 Å². The lowest BCUT2D eigenvalue weighted by molar-refractivity contribution is -0.172. The maximum atomic E-state index is 13.8. The van der Waals surface area contributed by atoms with E-state index >= 15 is 0 Å². The number of esters is 1. The number of pyridine rings is 2. The van der Waals surface area contributed by atoms with Gasteiger partial charge < -0.3 is 84.4 Å². The number of imide groups is 1. The van der Waals surface area contributed by atoms with Crippen molar-refractivity contribution in [2.24, 2.45) is 11.7 Å². The van der Waals surface area contributed by atoms with E-state index in [0.717, 1.165) is 51.6 Å². The molecule has 29 heteroatoms. The van der Waals surface area contributed by atoms with Crippen molar-refractivity contribution in [1.82, 2.24) is 30.4 Å². The van der Waals surface area contributed by atoms with Crippen molar-refractivity contribution < 1.29 is 91.2 Å². The molecule has 0 spiro atoms. The average Bonchev–Trinajstić information content (AvgIpc) is 1.68. The molecule has 7 rings (SSSR count). The number of carbonyl (C=O) groups excluding carboxylic acids is 7. The van der Waals surface area contributed by atoms with E-state index in [2.05, 4.69) is 21.3 Å². The second-order valence-corrected chi connectivity index (χ2v) is 23.2. The van der Waals surface area contributed by atoms with Crippen LogP contribution in [0.5, 0.6) is 0 Å². The van der Waals surface area contributed by atoms with Gasteiger partial charge >= 0.3 is 11.9 Å². The highest BCUT2D eigenvalue weighted by Crippen LogP contribution is 2.43. The summed E-state index contributed by atoms with van der Waals surface area (Å²) in [5.74, 6) is -4.79.